The van der Waals surface area contributed by atoms with E-state index in [-0.39, 0.29) is 18.7 Å². The van der Waals surface area contributed by atoms with Crippen LogP contribution in [0.15, 0.2) is 36.7 Å². The highest BCUT2D eigenvalue weighted by atomic mass is 35.5. The van der Waals surface area contributed by atoms with Crippen molar-refractivity contribution in [3.63, 3.8) is 0 Å². The zero-order chi connectivity index (χ0) is 18.1. The van der Waals surface area contributed by atoms with E-state index in [4.69, 9.17) is 11.6 Å². The van der Waals surface area contributed by atoms with Crippen molar-refractivity contribution in [1.82, 2.24) is 14.7 Å². The SMILES string of the molecule is O=C(O)[C@@H]1CN(C(=O)c2cnn(C(F)F)c2)C[C@H]1c1ccc(Cl)cc1. The molecule has 1 N–H and O–H groups in total. The summed E-state index contributed by atoms with van der Waals surface area (Å²) in [5, 5.41) is 13.4. The minimum atomic E-state index is -2.84. The number of carbonyl (C=O) groups excluding carboxylic acids is 1. The maximum absolute atomic E-state index is 12.6. The Labute approximate surface area is 146 Å². The van der Waals surface area contributed by atoms with E-state index in [1.54, 1.807) is 24.3 Å². The number of alkyl halides is 2. The summed E-state index contributed by atoms with van der Waals surface area (Å²) in [5.41, 5.74) is 0.761. The van der Waals surface area contributed by atoms with Crippen LogP contribution in [0, 0.1) is 5.92 Å². The van der Waals surface area contributed by atoms with Gasteiger partial charge in [0.1, 0.15) is 0 Å². The Kier molecular flexibility index (Phi) is 4.71. The molecule has 132 valence electrons. The van der Waals surface area contributed by atoms with E-state index < -0.39 is 30.3 Å². The highest BCUT2D eigenvalue weighted by Gasteiger charge is 2.40. The van der Waals surface area contributed by atoms with Gasteiger partial charge in [0, 0.05) is 30.2 Å². The number of aliphatic carboxylic acids is 1. The molecule has 0 aliphatic carbocycles. The first-order chi connectivity index (χ1) is 11.9. The smallest absolute Gasteiger partial charge is 0.333 e. The summed E-state index contributed by atoms with van der Waals surface area (Å²) in [6.45, 7) is -2.66. The lowest BCUT2D eigenvalue weighted by molar-refractivity contribution is -0.141. The fourth-order valence-corrected chi connectivity index (χ4v) is 3.13. The van der Waals surface area contributed by atoms with Gasteiger partial charge >= 0.3 is 12.5 Å². The molecule has 1 aromatic heterocycles. The average molecular weight is 370 g/mol. The number of nitrogens with zero attached hydrogens (tertiary/aromatic N) is 3. The van der Waals surface area contributed by atoms with Crippen LogP contribution in [0.25, 0.3) is 0 Å². The summed E-state index contributed by atoms with van der Waals surface area (Å²) in [7, 11) is 0. The van der Waals surface area contributed by atoms with E-state index in [0.29, 0.717) is 9.70 Å². The Hall–Kier alpha value is -2.48. The third kappa shape index (κ3) is 3.48. The minimum Gasteiger partial charge on any atom is -0.481 e. The van der Waals surface area contributed by atoms with Crippen LogP contribution in [0.4, 0.5) is 8.78 Å². The molecule has 1 saturated heterocycles. The second kappa shape index (κ2) is 6.79. The molecule has 0 saturated carbocycles. The van der Waals surface area contributed by atoms with Crippen molar-refractivity contribution >= 4 is 23.5 Å². The van der Waals surface area contributed by atoms with Gasteiger partial charge in [0.15, 0.2) is 0 Å². The van der Waals surface area contributed by atoms with Gasteiger partial charge in [-0.3, -0.25) is 9.59 Å². The van der Waals surface area contributed by atoms with Gasteiger partial charge in [-0.25, -0.2) is 4.68 Å². The van der Waals surface area contributed by atoms with Crippen molar-refractivity contribution in [2.45, 2.75) is 12.5 Å². The minimum absolute atomic E-state index is 0.00111. The van der Waals surface area contributed by atoms with Crippen LogP contribution in [-0.4, -0.2) is 44.8 Å². The maximum Gasteiger partial charge on any atom is 0.333 e. The Morgan fingerprint density at radius 2 is 1.92 bits per heavy atom. The van der Waals surface area contributed by atoms with Crippen molar-refractivity contribution in [3.8, 4) is 0 Å². The van der Waals surface area contributed by atoms with Crippen LogP contribution in [0.3, 0.4) is 0 Å². The molecule has 25 heavy (non-hydrogen) atoms. The van der Waals surface area contributed by atoms with E-state index in [1.807, 2.05) is 0 Å². The van der Waals surface area contributed by atoms with E-state index in [0.717, 1.165) is 18.0 Å². The molecule has 1 fully saturated rings. The van der Waals surface area contributed by atoms with Gasteiger partial charge in [0.05, 0.1) is 17.7 Å². The maximum atomic E-state index is 12.6. The molecule has 0 spiro atoms. The summed E-state index contributed by atoms with van der Waals surface area (Å²) in [4.78, 5) is 25.4. The van der Waals surface area contributed by atoms with Gasteiger partial charge in [0.2, 0.25) is 0 Å². The third-order valence-electron chi connectivity index (χ3n) is 4.27. The number of likely N-dealkylation sites (tertiary alicyclic amines) is 1. The Bertz CT molecular complexity index is 794. The van der Waals surface area contributed by atoms with E-state index in [9.17, 15) is 23.5 Å². The topological polar surface area (TPSA) is 75.4 Å². The lowest BCUT2D eigenvalue weighted by atomic mass is 9.89. The molecule has 1 aliphatic rings. The Morgan fingerprint density at radius 3 is 2.48 bits per heavy atom. The number of hydrogen-bond donors (Lipinski definition) is 1. The number of benzene rings is 1. The van der Waals surface area contributed by atoms with Crippen LogP contribution in [-0.2, 0) is 4.79 Å². The molecule has 6 nitrogen and oxygen atoms in total. The molecule has 0 radical (unpaired) electrons. The van der Waals surface area contributed by atoms with Crippen molar-refractivity contribution in [3.05, 3.63) is 52.8 Å². The normalized spacial score (nSPS) is 20.2. The van der Waals surface area contributed by atoms with Crippen LogP contribution in [0.5, 0.6) is 0 Å². The second-order valence-electron chi connectivity index (χ2n) is 5.80. The lowest BCUT2D eigenvalue weighted by Gasteiger charge is -2.16. The number of carboxylic acid groups (broad SMARTS) is 1. The molecule has 0 bridgehead atoms. The molecule has 1 aliphatic heterocycles. The monoisotopic (exact) mass is 369 g/mol. The summed E-state index contributed by atoms with van der Waals surface area (Å²) in [6, 6.07) is 6.78. The van der Waals surface area contributed by atoms with Crippen molar-refractivity contribution in [2.24, 2.45) is 5.92 Å². The number of carboxylic acids is 1. The predicted molar refractivity (Wildman–Crippen MR) is 84.7 cm³/mol. The van der Waals surface area contributed by atoms with Crippen molar-refractivity contribution in [1.29, 1.82) is 0 Å². The lowest BCUT2D eigenvalue weighted by Crippen LogP contribution is -2.29. The number of rotatable bonds is 4. The number of carbonyl (C=O) groups is 2. The van der Waals surface area contributed by atoms with E-state index in [1.165, 1.54) is 4.90 Å². The molecule has 9 heteroatoms. The molecule has 1 amide bonds. The van der Waals surface area contributed by atoms with Gasteiger partial charge in [-0.15, -0.1) is 0 Å². The molecule has 2 aromatic rings. The highest BCUT2D eigenvalue weighted by Crippen LogP contribution is 2.34. The molecular formula is C16H14ClF2N3O3. The van der Waals surface area contributed by atoms with Gasteiger partial charge in [-0.05, 0) is 17.7 Å². The number of aromatic nitrogens is 2. The number of hydrogen-bond acceptors (Lipinski definition) is 3. The summed E-state index contributed by atoms with van der Waals surface area (Å²) in [5.74, 6) is -2.72. The Morgan fingerprint density at radius 1 is 1.24 bits per heavy atom. The zero-order valence-corrected chi connectivity index (χ0v) is 13.6. The quantitative estimate of drug-likeness (QED) is 0.899. The van der Waals surface area contributed by atoms with Crippen molar-refractivity contribution in [2.75, 3.05) is 13.1 Å². The Balaban J connectivity index is 1.82. The van der Waals surface area contributed by atoms with E-state index in [2.05, 4.69) is 5.10 Å². The molecule has 3 rings (SSSR count). The van der Waals surface area contributed by atoms with Gasteiger partial charge in [-0.1, -0.05) is 23.7 Å². The zero-order valence-electron chi connectivity index (χ0n) is 12.8. The third-order valence-corrected chi connectivity index (χ3v) is 4.52. The van der Waals surface area contributed by atoms with Gasteiger partial charge < -0.3 is 10.0 Å². The number of halogens is 3. The first-order valence-electron chi connectivity index (χ1n) is 7.46. The fraction of sp³-hybridized carbons (Fsp3) is 0.312. The van der Waals surface area contributed by atoms with Crippen LogP contribution >= 0.6 is 11.6 Å². The molecular weight excluding hydrogens is 356 g/mol. The second-order valence-corrected chi connectivity index (χ2v) is 6.24. The standard InChI is InChI=1S/C16H14ClF2N3O3/c17-11-3-1-9(2-4-11)12-7-21(8-13(12)15(24)25)14(23)10-5-20-22(6-10)16(18)19/h1-6,12-13,16H,7-8H2,(H,24,25)/t12-,13+/m0/s1. The average Bonchev–Trinajstić information content (AvgIpc) is 3.22. The first-order valence-corrected chi connectivity index (χ1v) is 7.84. The molecule has 2 atom stereocenters. The fourth-order valence-electron chi connectivity index (χ4n) is 3.01. The predicted octanol–water partition coefficient (Wildman–Crippen LogP) is 2.87. The van der Waals surface area contributed by atoms with Gasteiger partial charge in [-0.2, -0.15) is 13.9 Å². The molecule has 1 aromatic carbocycles. The van der Waals surface area contributed by atoms with Gasteiger partial charge in [0.25, 0.3) is 5.91 Å². The van der Waals surface area contributed by atoms with E-state index >= 15 is 0 Å². The highest BCUT2D eigenvalue weighted by molar-refractivity contribution is 6.30. The molecule has 2 heterocycles. The van der Waals surface area contributed by atoms with Crippen LogP contribution in [0.2, 0.25) is 5.02 Å². The van der Waals surface area contributed by atoms with Crippen LogP contribution < -0.4 is 0 Å². The summed E-state index contributed by atoms with van der Waals surface area (Å²) >= 11 is 5.85. The summed E-state index contributed by atoms with van der Waals surface area (Å²) in [6.07, 6.45) is 2.01. The first kappa shape index (κ1) is 17.3. The number of amides is 1. The van der Waals surface area contributed by atoms with Crippen LogP contribution in [0.1, 0.15) is 28.4 Å². The largest absolute Gasteiger partial charge is 0.481 e. The molecule has 0 unspecified atom stereocenters. The van der Waals surface area contributed by atoms with Crippen molar-refractivity contribution < 1.29 is 23.5 Å². The summed E-state index contributed by atoms with van der Waals surface area (Å²) < 4.78 is 25.6.